The number of hydrogen-bond acceptors (Lipinski definition) is 6. The summed E-state index contributed by atoms with van der Waals surface area (Å²) < 4.78 is 0. The van der Waals surface area contributed by atoms with Crippen LogP contribution in [0, 0.1) is 10.1 Å². The Morgan fingerprint density at radius 1 is 1.59 bits per heavy atom. The molecule has 0 aliphatic carbocycles. The molecule has 0 amide bonds. The van der Waals surface area contributed by atoms with Gasteiger partial charge in [0.05, 0.1) is 11.5 Å². The summed E-state index contributed by atoms with van der Waals surface area (Å²) in [5.74, 6) is 0.257. The second-order valence-corrected chi connectivity index (χ2v) is 3.19. The smallest absolute Gasteiger partial charge is 0.274 e. The first-order valence-electron chi connectivity index (χ1n) is 5.05. The fourth-order valence-corrected chi connectivity index (χ4v) is 1.15. The molecule has 0 unspecified atom stereocenters. The number of nitrogens with zero attached hydrogens (tertiary/aromatic N) is 2. The van der Waals surface area contributed by atoms with Gasteiger partial charge in [-0.2, -0.15) is 0 Å². The van der Waals surface area contributed by atoms with Crippen LogP contribution in [0.25, 0.3) is 0 Å². The molecule has 0 fully saturated rings. The van der Waals surface area contributed by atoms with Gasteiger partial charge in [-0.3, -0.25) is 15.1 Å². The molecule has 7 nitrogen and oxygen atoms in total. The molecule has 1 rings (SSSR count). The number of nitrogens with one attached hydrogen (secondary N) is 2. The highest BCUT2D eigenvalue weighted by Crippen LogP contribution is 1.96. The van der Waals surface area contributed by atoms with E-state index in [4.69, 9.17) is 5.11 Å². The van der Waals surface area contributed by atoms with Crippen molar-refractivity contribution < 1.29 is 10.0 Å². The molecule has 17 heavy (non-hydrogen) atoms. The highest BCUT2D eigenvalue weighted by atomic mass is 16.6. The van der Waals surface area contributed by atoms with Crippen LogP contribution in [0.2, 0.25) is 0 Å². The molecular formula is C10H14N4O3. The fourth-order valence-electron chi connectivity index (χ4n) is 1.15. The van der Waals surface area contributed by atoms with Crippen LogP contribution in [-0.2, 0) is 6.54 Å². The standard InChI is InChI=1S/C10H14N4O3/c15-5-4-12-10(8-14(16)17)13-7-9-2-1-3-11-6-9/h1-3,6,8,12-13,15H,4-5,7H2. The number of aromatic nitrogens is 1. The first-order valence-corrected chi connectivity index (χ1v) is 5.05. The molecule has 0 bridgehead atoms. The van der Waals surface area contributed by atoms with E-state index in [9.17, 15) is 10.1 Å². The first-order chi connectivity index (χ1) is 8.22. The van der Waals surface area contributed by atoms with Gasteiger partial charge in [0.1, 0.15) is 0 Å². The molecule has 0 radical (unpaired) electrons. The third kappa shape index (κ3) is 5.47. The van der Waals surface area contributed by atoms with Gasteiger partial charge in [-0.05, 0) is 11.6 Å². The van der Waals surface area contributed by atoms with E-state index in [-0.39, 0.29) is 19.0 Å². The summed E-state index contributed by atoms with van der Waals surface area (Å²) in [6, 6.07) is 3.64. The van der Waals surface area contributed by atoms with Crippen LogP contribution < -0.4 is 10.6 Å². The van der Waals surface area contributed by atoms with Crippen molar-refractivity contribution in [1.82, 2.24) is 15.6 Å². The third-order valence-corrected chi connectivity index (χ3v) is 1.87. The Kier molecular flexibility index (Phi) is 5.45. The molecule has 0 saturated heterocycles. The van der Waals surface area contributed by atoms with Gasteiger partial charge in [-0.25, -0.2) is 0 Å². The van der Waals surface area contributed by atoms with Crippen molar-refractivity contribution >= 4 is 0 Å². The zero-order valence-corrected chi connectivity index (χ0v) is 9.17. The number of nitro groups is 1. The summed E-state index contributed by atoms with van der Waals surface area (Å²) in [7, 11) is 0. The molecule has 3 N–H and O–H groups in total. The van der Waals surface area contributed by atoms with E-state index in [0.717, 1.165) is 11.8 Å². The Bertz CT molecular complexity index is 380. The summed E-state index contributed by atoms with van der Waals surface area (Å²) in [5, 5.41) is 24.6. The minimum Gasteiger partial charge on any atom is -0.395 e. The Morgan fingerprint density at radius 2 is 2.41 bits per heavy atom. The predicted octanol–water partition coefficient (Wildman–Crippen LogP) is -0.171. The molecule has 0 spiro atoms. The van der Waals surface area contributed by atoms with Crippen LogP contribution in [0.5, 0.6) is 0 Å². The van der Waals surface area contributed by atoms with Crippen molar-refractivity contribution in [3.8, 4) is 0 Å². The Balaban J connectivity index is 2.52. The van der Waals surface area contributed by atoms with E-state index in [1.807, 2.05) is 6.07 Å². The molecule has 1 aromatic rings. The molecule has 92 valence electrons. The van der Waals surface area contributed by atoms with Crippen LogP contribution in [0.3, 0.4) is 0 Å². The van der Waals surface area contributed by atoms with Crippen LogP contribution >= 0.6 is 0 Å². The van der Waals surface area contributed by atoms with Gasteiger partial charge in [0.25, 0.3) is 6.20 Å². The van der Waals surface area contributed by atoms with Crippen molar-refractivity contribution in [2.75, 3.05) is 13.2 Å². The van der Waals surface area contributed by atoms with Crippen molar-refractivity contribution in [1.29, 1.82) is 0 Å². The second-order valence-electron chi connectivity index (χ2n) is 3.19. The molecule has 0 atom stereocenters. The van der Waals surface area contributed by atoms with Gasteiger partial charge in [0.2, 0.25) is 0 Å². The number of pyridine rings is 1. The topological polar surface area (TPSA) is 100 Å². The predicted molar refractivity (Wildman–Crippen MR) is 61.2 cm³/mol. The lowest BCUT2D eigenvalue weighted by molar-refractivity contribution is -0.404. The third-order valence-electron chi connectivity index (χ3n) is 1.87. The largest absolute Gasteiger partial charge is 0.395 e. The Morgan fingerprint density at radius 3 is 3.00 bits per heavy atom. The zero-order valence-electron chi connectivity index (χ0n) is 9.17. The highest BCUT2D eigenvalue weighted by molar-refractivity contribution is 5.09. The summed E-state index contributed by atoms with van der Waals surface area (Å²) in [5.41, 5.74) is 0.910. The molecule has 0 saturated carbocycles. The maximum absolute atomic E-state index is 10.4. The quantitative estimate of drug-likeness (QED) is 0.450. The van der Waals surface area contributed by atoms with Crippen LogP contribution in [0.4, 0.5) is 0 Å². The SMILES string of the molecule is O=[N+]([O-])C=C(NCCO)NCc1cccnc1. The lowest BCUT2D eigenvalue weighted by Crippen LogP contribution is -2.29. The minimum atomic E-state index is -0.560. The summed E-state index contributed by atoms with van der Waals surface area (Å²) in [4.78, 5) is 13.7. The van der Waals surface area contributed by atoms with Gasteiger partial charge < -0.3 is 15.7 Å². The van der Waals surface area contributed by atoms with E-state index in [0.29, 0.717) is 6.54 Å². The number of aliphatic hydroxyl groups excluding tert-OH is 1. The lowest BCUT2D eigenvalue weighted by atomic mass is 10.3. The number of hydrogen-bond donors (Lipinski definition) is 3. The van der Waals surface area contributed by atoms with Gasteiger partial charge in [-0.15, -0.1) is 0 Å². The monoisotopic (exact) mass is 238 g/mol. The van der Waals surface area contributed by atoms with E-state index in [1.165, 1.54) is 0 Å². The molecule has 1 heterocycles. The van der Waals surface area contributed by atoms with Crippen molar-refractivity contribution in [2.45, 2.75) is 6.54 Å². The highest BCUT2D eigenvalue weighted by Gasteiger charge is 2.01. The van der Waals surface area contributed by atoms with Crippen LogP contribution in [-0.4, -0.2) is 28.2 Å². The average Bonchev–Trinajstić information content (AvgIpc) is 2.33. The normalized spacial score (nSPS) is 11.0. The molecule has 7 heteroatoms. The molecule has 0 aliphatic rings. The summed E-state index contributed by atoms with van der Waals surface area (Å²) in [6.45, 7) is 0.579. The molecule has 0 aliphatic heterocycles. The Labute approximate surface area is 98.3 Å². The van der Waals surface area contributed by atoms with E-state index >= 15 is 0 Å². The zero-order chi connectivity index (χ0) is 12.5. The van der Waals surface area contributed by atoms with Crippen molar-refractivity contribution in [3.63, 3.8) is 0 Å². The number of aliphatic hydroxyl groups is 1. The second kappa shape index (κ2) is 7.18. The molecule has 0 aromatic carbocycles. The van der Waals surface area contributed by atoms with Gasteiger partial charge in [0.15, 0.2) is 5.82 Å². The molecular weight excluding hydrogens is 224 g/mol. The summed E-state index contributed by atoms with van der Waals surface area (Å²) in [6.07, 6.45) is 4.15. The molecule has 1 aromatic heterocycles. The maximum Gasteiger partial charge on any atom is 0.274 e. The fraction of sp³-hybridized carbons (Fsp3) is 0.300. The van der Waals surface area contributed by atoms with Crippen molar-refractivity contribution in [3.05, 3.63) is 52.2 Å². The van der Waals surface area contributed by atoms with Crippen molar-refractivity contribution in [2.24, 2.45) is 0 Å². The van der Waals surface area contributed by atoms with Gasteiger partial charge in [0, 0.05) is 25.5 Å². The maximum atomic E-state index is 10.4. The summed E-state index contributed by atoms with van der Waals surface area (Å²) >= 11 is 0. The first kappa shape index (κ1) is 12.9. The van der Waals surface area contributed by atoms with Gasteiger partial charge in [-0.1, -0.05) is 6.07 Å². The lowest BCUT2D eigenvalue weighted by Gasteiger charge is -2.09. The van der Waals surface area contributed by atoms with Gasteiger partial charge >= 0.3 is 0 Å². The minimum absolute atomic E-state index is 0.0936. The van der Waals surface area contributed by atoms with Crippen LogP contribution in [0.1, 0.15) is 5.56 Å². The van der Waals surface area contributed by atoms with E-state index in [2.05, 4.69) is 15.6 Å². The Hall–Kier alpha value is -2.15. The number of rotatable bonds is 7. The van der Waals surface area contributed by atoms with E-state index in [1.54, 1.807) is 18.5 Å². The van der Waals surface area contributed by atoms with E-state index < -0.39 is 4.92 Å². The van der Waals surface area contributed by atoms with Crippen LogP contribution in [0.15, 0.2) is 36.5 Å². The average molecular weight is 238 g/mol.